The second-order valence-corrected chi connectivity index (χ2v) is 9.45. The van der Waals surface area contributed by atoms with Crippen LogP contribution in [0.3, 0.4) is 0 Å². The SMILES string of the molecule is COCCN1OCC(NC(=O)c2ccc(C3=NOC(c4cc(Cl)cc(Cl)c4)(C(F)(F)F)C3)cc2C)C1=O. The molecule has 2 aliphatic rings. The van der Waals surface area contributed by atoms with Crippen molar-refractivity contribution in [3.8, 4) is 0 Å². The summed E-state index contributed by atoms with van der Waals surface area (Å²) in [7, 11) is 1.49. The van der Waals surface area contributed by atoms with Gasteiger partial charge in [0.05, 0.1) is 18.9 Å². The zero-order chi connectivity index (χ0) is 27.0. The van der Waals surface area contributed by atoms with Gasteiger partial charge in [0, 0.05) is 34.7 Å². The highest BCUT2D eigenvalue weighted by molar-refractivity contribution is 6.34. The van der Waals surface area contributed by atoms with E-state index < -0.39 is 36.1 Å². The summed E-state index contributed by atoms with van der Waals surface area (Å²) in [5.74, 6) is -0.927. The Morgan fingerprint density at radius 3 is 2.57 bits per heavy atom. The Morgan fingerprint density at radius 1 is 1.24 bits per heavy atom. The molecular formula is C24H22Cl2F3N3O5. The quantitative estimate of drug-likeness (QED) is 0.543. The van der Waals surface area contributed by atoms with Gasteiger partial charge in [-0.15, -0.1) is 0 Å². The van der Waals surface area contributed by atoms with E-state index in [0.717, 1.165) is 17.2 Å². The Bertz CT molecular complexity index is 1240. The number of amides is 2. The lowest BCUT2D eigenvalue weighted by Gasteiger charge is -2.29. The molecule has 2 amide bonds. The fourth-order valence-electron chi connectivity index (χ4n) is 4.11. The number of hydroxylamine groups is 2. The molecule has 0 aliphatic carbocycles. The molecule has 0 radical (unpaired) electrons. The van der Waals surface area contributed by atoms with E-state index in [-0.39, 0.29) is 46.6 Å². The van der Waals surface area contributed by atoms with Crippen molar-refractivity contribution in [1.82, 2.24) is 10.4 Å². The standard InChI is InChI=1S/C24H22Cl2F3N3O5/c1-13-7-14(3-4-18(13)21(33)30-20-12-36-32(22(20)34)5-6-35-2)19-11-23(37-31-19,24(27,28)29)15-8-16(25)10-17(26)9-15/h3-4,7-10,20H,5-6,11-12H2,1-2H3,(H,30,33). The minimum absolute atomic E-state index is 0.0212. The number of ether oxygens (including phenoxy) is 1. The molecule has 0 saturated carbocycles. The molecule has 2 aliphatic heterocycles. The van der Waals surface area contributed by atoms with Crippen LogP contribution in [0.1, 0.15) is 33.5 Å². The first kappa shape index (κ1) is 27.2. The number of hydrogen-bond donors (Lipinski definition) is 1. The maximum absolute atomic E-state index is 14.2. The fourth-order valence-corrected chi connectivity index (χ4v) is 4.63. The monoisotopic (exact) mass is 559 g/mol. The molecule has 198 valence electrons. The summed E-state index contributed by atoms with van der Waals surface area (Å²) in [4.78, 5) is 35.5. The van der Waals surface area contributed by atoms with E-state index in [1.165, 1.54) is 31.4 Å². The van der Waals surface area contributed by atoms with Gasteiger partial charge in [0.25, 0.3) is 17.4 Å². The molecule has 4 rings (SSSR count). The normalized spacial score (nSPS) is 21.7. The van der Waals surface area contributed by atoms with Crippen molar-refractivity contribution in [2.75, 3.05) is 26.9 Å². The van der Waals surface area contributed by atoms with Crippen molar-refractivity contribution < 1.29 is 37.2 Å². The van der Waals surface area contributed by atoms with Crippen LogP contribution in [0, 0.1) is 6.92 Å². The van der Waals surface area contributed by atoms with Gasteiger partial charge in [0.1, 0.15) is 12.6 Å². The van der Waals surface area contributed by atoms with E-state index >= 15 is 0 Å². The number of rotatable bonds is 7. The van der Waals surface area contributed by atoms with Crippen molar-refractivity contribution in [1.29, 1.82) is 0 Å². The second-order valence-electron chi connectivity index (χ2n) is 8.57. The predicted octanol–water partition coefficient (Wildman–Crippen LogP) is 4.40. The first-order chi connectivity index (χ1) is 17.4. The van der Waals surface area contributed by atoms with E-state index in [4.69, 9.17) is 37.6 Å². The highest BCUT2D eigenvalue weighted by atomic mass is 35.5. The topological polar surface area (TPSA) is 89.5 Å². The number of alkyl halides is 3. The average molecular weight is 560 g/mol. The Morgan fingerprint density at radius 2 is 1.95 bits per heavy atom. The molecule has 8 nitrogen and oxygen atoms in total. The lowest BCUT2D eigenvalue weighted by Crippen LogP contribution is -2.43. The predicted molar refractivity (Wildman–Crippen MR) is 128 cm³/mol. The summed E-state index contributed by atoms with van der Waals surface area (Å²) < 4.78 is 47.6. The smallest absolute Gasteiger partial charge is 0.383 e. The molecular weight excluding hydrogens is 538 g/mol. The number of aryl methyl sites for hydroxylation is 1. The molecule has 0 bridgehead atoms. The molecule has 2 heterocycles. The maximum atomic E-state index is 14.2. The van der Waals surface area contributed by atoms with Gasteiger partial charge in [-0.05, 0) is 48.4 Å². The minimum atomic E-state index is -4.83. The third kappa shape index (κ3) is 5.40. The lowest BCUT2D eigenvalue weighted by molar-refractivity contribution is -0.275. The number of benzene rings is 2. The molecule has 2 aromatic rings. The number of carbonyl (C=O) groups excluding carboxylic acids is 2. The first-order valence-corrected chi connectivity index (χ1v) is 11.8. The molecule has 1 fully saturated rings. The van der Waals surface area contributed by atoms with Crippen molar-refractivity contribution in [3.05, 3.63) is 68.7 Å². The zero-order valence-corrected chi connectivity index (χ0v) is 21.2. The van der Waals surface area contributed by atoms with Gasteiger partial charge in [0.2, 0.25) is 0 Å². The van der Waals surface area contributed by atoms with Crippen molar-refractivity contribution >= 4 is 40.7 Å². The molecule has 13 heteroatoms. The first-order valence-electron chi connectivity index (χ1n) is 11.1. The Kier molecular flexibility index (Phi) is 7.70. The molecule has 2 atom stereocenters. The lowest BCUT2D eigenvalue weighted by atomic mass is 9.86. The third-order valence-corrected chi connectivity index (χ3v) is 6.50. The van der Waals surface area contributed by atoms with Crippen molar-refractivity contribution in [3.63, 3.8) is 0 Å². The Balaban J connectivity index is 1.51. The third-order valence-electron chi connectivity index (χ3n) is 6.06. The van der Waals surface area contributed by atoms with Crippen LogP contribution in [-0.2, 0) is 24.8 Å². The summed E-state index contributed by atoms with van der Waals surface area (Å²) in [6.45, 7) is 2.11. The van der Waals surface area contributed by atoms with Crippen LogP contribution in [0.25, 0.3) is 0 Å². The van der Waals surface area contributed by atoms with Gasteiger partial charge in [-0.25, -0.2) is 5.06 Å². The largest absolute Gasteiger partial charge is 0.435 e. The highest BCUT2D eigenvalue weighted by Crippen LogP contribution is 2.49. The van der Waals surface area contributed by atoms with E-state index in [1.807, 2.05) is 0 Å². The molecule has 1 saturated heterocycles. The van der Waals surface area contributed by atoms with E-state index in [0.29, 0.717) is 11.1 Å². The Hall–Kier alpha value is -2.86. The summed E-state index contributed by atoms with van der Waals surface area (Å²) >= 11 is 11.9. The highest BCUT2D eigenvalue weighted by Gasteiger charge is 2.62. The summed E-state index contributed by atoms with van der Waals surface area (Å²) in [6, 6.07) is 7.20. The average Bonchev–Trinajstić information content (AvgIpc) is 3.42. The van der Waals surface area contributed by atoms with Crippen LogP contribution in [-0.4, -0.2) is 61.7 Å². The van der Waals surface area contributed by atoms with E-state index in [2.05, 4.69) is 10.5 Å². The van der Waals surface area contributed by atoms with Crippen LogP contribution in [0.4, 0.5) is 13.2 Å². The van der Waals surface area contributed by atoms with Gasteiger partial charge in [-0.2, -0.15) is 13.2 Å². The molecule has 2 unspecified atom stereocenters. The van der Waals surface area contributed by atoms with Crippen molar-refractivity contribution in [2.24, 2.45) is 5.16 Å². The van der Waals surface area contributed by atoms with Crippen LogP contribution in [0.15, 0.2) is 41.6 Å². The summed E-state index contributed by atoms with van der Waals surface area (Å²) in [5.41, 5.74) is -1.94. The van der Waals surface area contributed by atoms with Crippen LogP contribution < -0.4 is 5.32 Å². The van der Waals surface area contributed by atoms with Crippen LogP contribution in [0.5, 0.6) is 0 Å². The number of carbonyl (C=O) groups is 2. The van der Waals surface area contributed by atoms with E-state index in [1.54, 1.807) is 6.92 Å². The minimum Gasteiger partial charge on any atom is -0.383 e. The van der Waals surface area contributed by atoms with Gasteiger partial charge in [-0.3, -0.25) is 14.4 Å². The number of halogens is 5. The molecule has 2 aromatic carbocycles. The van der Waals surface area contributed by atoms with Gasteiger partial charge >= 0.3 is 6.18 Å². The zero-order valence-electron chi connectivity index (χ0n) is 19.7. The van der Waals surface area contributed by atoms with Crippen molar-refractivity contribution in [2.45, 2.75) is 31.2 Å². The van der Waals surface area contributed by atoms with Gasteiger partial charge in [0.15, 0.2) is 0 Å². The summed E-state index contributed by atoms with van der Waals surface area (Å²) in [5, 5.41) is 7.55. The fraction of sp³-hybridized carbons (Fsp3) is 0.375. The summed E-state index contributed by atoms with van der Waals surface area (Å²) in [6.07, 6.45) is -5.45. The van der Waals surface area contributed by atoms with Gasteiger partial charge in [-0.1, -0.05) is 34.4 Å². The number of hydrogen-bond acceptors (Lipinski definition) is 6. The number of methoxy groups -OCH3 is 1. The number of nitrogens with zero attached hydrogens (tertiary/aromatic N) is 2. The maximum Gasteiger partial charge on any atom is 0.435 e. The molecule has 0 aromatic heterocycles. The second kappa shape index (κ2) is 10.5. The molecule has 0 spiro atoms. The Labute approximate surface area is 220 Å². The van der Waals surface area contributed by atoms with Gasteiger partial charge < -0.3 is 14.9 Å². The van der Waals surface area contributed by atoms with E-state index in [9.17, 15) is 22.8 Å². The number of oxime groups is 1. The van der Waals surface area contributed by atoms with Crippen LogP contribution in [0.2, 0.25) is 10.0 Å². The van der Waals surface area contributed by atoms with Crippen LogP contribution >= 0.6 is 23.2 Å². The number of nitrogens with one attached hydrogen (secondary N) is 1. The molecule has 1 N–H and O–H groups in total. The molecule has 37 heavy (non-hydrogen) atoms.